The second-order valence-corrected chi connectivity index (χ2v) is 9.78. The van der Waals surface area contributed by atoms with Gasteiger partial charge in [-0.15, -0.1) is 0 Å². The molecule has 0 aliphatic carbocycles. The zero-order chi connectivity index (χ0) is 21.5. The summed E-state index contributed by atoms with van der Waals surface area (Å²) in [4.78, 5) is 13.5. The maximum atomic E-state index is 11.6. The molecule has 148 valence electrons. The molecule has 29 heavy (non-hydrogen) atoms. The number of benzene rings is 2. The van der Waals surface area contributed by atoms with E-state index in [2.05, 4.69) is 40.2 Å². The highest BCUT2D eigenvalue weighted by Crippen LogP contribution is 2.32. The van der Waals surface area contributed by atoms with E-state index in [1.165, 1.54) is 6.26 Å². The van der Waals surface area contributed by atoms with Gasteiger partial charge in [-0.05, 0) is 47.5 Å². The summed E-state index contributed by atoms with van der Waals surface area (Å²) >= 11 is 0. The number of anilines is 2. The van der Waals surface area contributed by atoms with Crippen LogP contribution in [0.25, 0.3) is 11.3 Å². The summed E-state index contributed by atoms with van der Waals surface area (Å²) in [7, 11) is -3.24. The number of sulfone groups is 1. The maximum absolute atomic E-state index is 11.6. The molecule has 0 fully saturated rings. The van der Waals surface area contributed by atoms with Crippen LogP contribution >= 0.6 is 0 Å². The van der Waals surface area contributed by atoms with Gasteiger partial charge in [0.15, 0.2) is 9.84 Å². The average Bonchev–Trinajstić information content (AvgIpc) is 2.71. The molecule has 0 saturated carbocycles. The Morgan fingerprint density at radius 1 is 1.10 bits per heavy atom. The molecule has 0 unspecified atom stereocenters. The van der Waals surface area contributed by atoms with Crippen LogP contribution in [-0.2, 0) is 15.3 Å². The summed E-state index contributed by atoms with van der Waals surface area (Å²) in [6.07, 6.45) is 3.17. The van der Waals surface area contributed by atoms with Crippen molar-refractivity contribution >= 4 is 27.7 Å². The first-order chi connectivity index (χ1) is 14.1. The summed E-state index contributed by atoms with van der Waals surface area (Å²) < 4.78 is 31.3. The topological polar surface area (TPSA) is 84.3 Å². The van der Waals surface area contributed by atoms with Gasteiger partial charge in [-0.3, -0.25) is 4.99 Å². The zero-order valence-corrected chi connectivity index (χ0v) is 17.3. The number of rotatable bonds is 4. The molecular weight excluding hydrogens is 384 g/mol. The van der Waals surface area contributed by atoms with Crippen molar-refractivity contribution in [1.29, 1.82) is 0 Å². The predicted octanol–water partition coefficient (Wildman–Crippen LogP) is 4.00. The lowest BCUT2D eigenvalue weighted by Gasteiger charge is -2.28. The molecule has 1 N–H and O–H groups in total. The molecule has 7 heteroatoms. The smallest absolute Gasteiger partial charge is 0.227 e. The van der Waals surface area contributed by atoms with Crippen molar-refractivity contribution < 1.29 is 9.79 Å². The van der Waals surface area contributed by atoms with Crippen molar-refractivity contribution in [3.05, 3.63) is 65.9 Å². The van der Waals surface area contributed by atoms with Crippen LogP contribution in [0.5, 0.6) is 0 Å². The van der Waals surface area contributed by atoms with Crippen molar-refractivity contribution in [2.45, 2.75) is 24.2 Å². The van der Waals surface area contributed by atoms with E-state index < -0.39 is 9.84 Å². The normalized spacial score (nSPS) is 15.8. The van der Waals surface area contributed by atoms with Crippen LogP contribution in [0.1, 0.15) is 26.3 Å². The van der Waals surface area contributed by atoms with Crippen LogP contribution in [0.2, 0.25) is 0 Å². The minimum absolute atomic E-state index is 0.147. The molecule has 1 aliphatic heterocycles. The Labute approximate surface area is 172 Å². The Morgan fingerprint density at radius 3 is 2.59 bits per heavy atom. The van der Waals surface area contributed by atoms with E-state index in [1.807, 2.05) is 18.2 Å². The van der Waals surface area contributed by atoms with Gasteiger partial charge in [0.05, 0.1) is 12.0 Å². The van der Waals surface area contributed by atoms with Gasteiger partial charge in [0.25, 0.3) is 0 Å². The largest absolute Gasteiger partial charge is 0.324 e. The van der Waals surface area contributed by atoms with Crippen molar-refractivity contribution in [3.8, 4) is 11.3 Å². The van der Waals surface area contributed by atoms with Crippen LogP contribution in [0, 0.1) is 0 Å². The fourth-order valence-corrected chi connectivity index (χ4v) is 3.89. The van der Waals surface area contributed by atoms with Crippen molar-refractivity contribution in [3.63, 3.8) is 0 Å². The number of aliphatic imine (C=N–C) groups is 1. The maximum Gasteiger partial charge on any atom is 0.227 e. The summed E-state index contributed by atoms with van der Waals surface area (Å²) in [5, 5.41) is 3.11. The Bertz CT molecular complexity index is 1250. The molecule has 4 rings (SSSR count). The lowest BCUT2D eigenvalue weighted by molar-refractivity contribution is 0.534. The summed E-state index contributed by atoms with van der Waals surface area (Å²) in [5.41, 5.74) is 4.19. The fourth-order valence-electron chi connectivity index (χ4n) is 3.26. The molecule has 1 aliphatic rings. The fraction of sp³-hybridized carbons (Fsp3) is 0.227. The van der Waals surface area contributed by atoms with E-state index in [0.29, 0.717) is 24.4 Å². The van der Waals surface area contributed by atoms with Crippen molar-refractivity contribution in [2.75, 3.05) is 18.1 Å². The van der Waals surface area contributed by atoms with E-state index in [-0.39, 0.29) is 10.3 Å². The number of hydrogen-bond donors (Lipinski definition) is 1. The predicted molar refractivity (Wildman–Crippen MR) is 116 cm³/mol. The van der Waals surface area contributed by atoms with Gasteiger partial charge < -0.3 is 5.32 Å². The van der Waals surface area contributed by atoms with E-state index >= 15 is 0 Å². The third-order valence-electron chi connectivity index (χ3n) is 4.91. The van der Waals surface area contributed by atoms with Crippen LogP contribution in [0.15, 0.2) is 64.6 Å². The van der Waals surface area contributed by atoms with Crippen molar-refractivity contribution in [1.82, 2.24) is 9.97 Å². The van der Waals surface area contributed by atoms with Gasteiger partial charge in [-0.25, -0.2) is 18.4 Å². The zero-order valence-electron chi connectivity index (χ0n) is 17.5. The molecule has 0 bridgehead atoms. The minimum Gasteiger partial charge on any atom is -0.324 e. The lowest BCUT2D eigenvalue weighted by Crippen LogP contribution is -2.26. The second-order valence-electron chi connectivity index (χ2n) is 7.76. The standard InChI is InChI=1S/C22H22N4O2S/c1-22(2)14-23-13-16-5-4-15(12-19(16)22)20-10-11-24-21(26-20)25-17-6-8-18(9-7-17)29(3,27)28/h4-13H,14H2,1-3H3,(H,24,25,26)/i13D. The van der Waals surface area contributed by atoms with Crippen LogP contribution in [-0.4, -0.2) is 37.4 Å². The molecule has 6 nitrogen and oxygen atoms in total. The monoisotopic (exact) mass is 407 g/mol. The third-order valence-corrected chi connectivity index (χ3v) is 6.04. The first kappa shape index (κ1) is 18.0. The van der Waals surface area contributed by atoms with Crippen molar-refractivity contribution in [2.24, 2.45) is 4.99 Å². The number of nitrogens with one attached hydrogen (secondary N) is 1. The van der Waals surface area contributed by atoms with E-state index in [0.717, 1.165) is 22.4 Å². The van der Waals surface area contributed by atoms with Crippen LogP contribution in [0.3, 0.4) is 0 Å². The minimum atomic E-state index is -3.24. The average molecular weight is 408 g/mol. The summed E-state index contributed by atoms with van der Waals surface area (Å²) in [6.45, 7) is 4.83. The Balaban J connectivity index is 1.64. The molecule has 0 radical (unpaired) electrons. The molecule has 2 aromatic carbocycles. The SMILES string of the molecule is [2H]C1=NCC(C)(C)c2cc(-c3ccnc(Nc4ccc(S(C)(=O)=O)cc4)n3)ccc21. The highest BCUT2D eigenvalue weighted by Gasteiger charge is 2.26. The number of fused-ring (bicyclic) bond motifs is 1. The first-order valence-electron chi connectivity index (χ1n) is 9.70. The summed E-state index contributed by atoms with van der Waals surface area (Å²) in [6, 6.07) is 14.2. The molecule has 1 aromatic heterocycles. The molecule has 0 spiro atoms. The van der Waals surface area contributed by atoms with Gasteiger partial charge >= 0.3 is 0 Å². The van der Waals surface area contributed by atoms with E-state index in [4.69, 9.17) is 1.37 Å². The van der Waals surface area contributed by atoms with Gasteiger partial charge in [-0.1, -0.05) is 26.0 Å². The van der Waals surface area contributed by atoms with E-state index in [1.54, 1.807) is 30.5 Å². The van der Waals surface area contributed by atoms with Gasteiger partial charge in [-0.2, -0.15) is 0 Å². The Kier molecular flexibility index (Phi) is 4.39. The molecule has 0 atom stereocenters. The molecule has 0 saturated heterocycles. The second kappa shape index (κ2) is 7.08. The summed E-state index contributed by atoms with van der Waals surface area (Å²) in [5.74, 6) is 0.416. The number of aromatic nitrogens is 2. The molecular formula is C22H22N4O2S. The highest BCUT2D eigenvalue weighted by atomic mass is 32.2. The van der Waals surface area contributed by atoms with E-state index in [9.17, 15) is 8.42 Å². The van der Waals surface area contributed by atoms with Crippen LogP contribution < -0.4 is 5.32 Å². The lowest BCUT2D eigenvalue weighted by atomic mass is 9.79. The number of nitrogens with zero attached hydrogens (tertiary/aromatic N) is 3. The molecule has 3 aromatic rings. The molecule has 2 heterocycles. The highest BCUT2D eigenvalue weighted by molar-refractivity contribution is 7.90. The van der Waals surface area contributed by atoms with Gasteiger partial charge in [0.2, 0.25) is 5.95 Å². The first-order valence-corrected chi connectivity index (χ1v) is 11.1. The molecule has 0 amide bonds. The van der Waals surface area contributed by atoms with Gasteiger partial charge in [0.1, 0.15) is 0 Å². The number of hydrogen-bond acceptors (Lipinski definition) is 6. The quantitative estimate of drug-likeness (QED) is 0.707. The van der Waals surface area contributed by atoms with Gasteiger partial charge in [0, 0.05) is 41.9 Å². The Morgan fingerprint density at radius 2 is 1.86 bits per heavy atom. The van der Waals surface area contributed by atoms with Crippen LogP contribution in [0.4, 0.5) is 11.6 Å². The third kappa shape index (κ3) is 4.05. The Hall–Kier alpha value is -3.06.